The summed E-state index contributed by atoms with van der Waals surface area (Å²) in [5, 5.41) is 2.93. The monoisotopic (exact) mass is 227 g/mol. The zero-order chi connectivity index (χ0) is 12.0. The van der Waals surface area contributed by atoms with Crippen molar-refractivity contribution < 1.29 is 4.79 Å². The largest absolute Gasteiger partial charge is 0.356 e. The Morgan fingerprint density at radius 2 is 2.12 bits per heavy atom. The highest BCUT2D eigenvalue weighted by molar-refractivity contribution is 5.76. The van der Waals surface area contributed by atoms with Crippen LogP contribution in [0.15, 0.2) is 0 Å². The third kappa shape index (κ3) is 6.08. The van der Waals surface area contributed by atoms with E-state index in [0.29, 0.717) is 12.3 Å². The number of amides is 1. The summed E-state index contributed by atoms with van der Waals surface area (Å²) < 4.78 is 0. The molecule has 1 aliphatic rings. The summed E-state index contributed by atoms with van der Waals surface area (Å²) in [5.41, 5.74) is 5.88. The molecule has 94 valence electrons. The molecule has 1 unspecified atom stereocenters. The fourth-order valence-electron chi connectivity index (χ4n) is 1.76. The van der Waals surface area contributed by atoms with Crippen molar-refractivity contribution >= 4 is 5.91 Å². The van der Waals surface area contributed by atoms with Crippen LogP contribution in [-0.4, -0.2) is 44.0 Å². The number of carbonyl (C=O) groups excluding carboxylic acids is 1. The summed E-state index contributed by atoms with van der Waals surface area (Å²) in [7, 11) is 4.13. The minimum atomic E-state index is 0.0850. The van der Waals surface area contributed by atoms with Crippen LogP contribution in [0.1, 0.15) is 32.1 Å². The molecule has 0 spiro atoms. The maximum Gasteiger partial charge on any atom is 0.221 e. The molecule has 16 heavy (non-hydrogen) atoms. The Kier molecular flexibility index (Phi) is 5.77. The second kappa shape index (κ2) is 6.86. The summed E-state index contributed by atoms with van der Waals surface area (Å²) in [5.74, 6) is 0.726. The van der Waals surface area contributed by atoms with Gasteiger partial charge < -0.3 is 16.0 Å². The summed E-state index contributed by atoms with van der Waals surface area (Å²) in [6.45, 7) is 1.86. The van der Waals surface area contributed by atoms with Crippen LogP contribution in [0.2, 0.25) is 0 Å². The zero-order valence-electron chi connectivity index (χ0n) is 10.5. The third-order valence-corrected chi connectivity index (χ3v) is 3.00. The van der Waals surface area contributed by atoms with Crippen molar-refractivity contribution in [1.29, 1.82) is 0 Å². The van der Waals surface area contributed by atoms with Gasteiger partial charge >= 0.3 is 0 Å². The molecule has 1 fully saturated rings. The first-order valence-electron chi connectivity index (χ1n) is 6.26. The highest BCUT2D eigenvalue weighted by atomic mass is 16.1. The Hall–Kier alpha value is -0.610. The van der Waals surface area contributed by atoms with Gasteiger partial charge in [0.05, 0.1) is 0 Å². The smallest absolute Gasteiger partial charge is 0.221 e. The highest BCUT2D eigenvalue weighted by Gasteiger charge is 2.29. The lowest BCUT2D eigenvalue weighted by molar-refractivity contribution is -0.121. The zero-order valence-corrected chi connectivity index (χ0v) is 10.5. The first-order chi connectivity index (χ1) is 7.59. The fourth-order valence-corrected chi connectivity index (χ4v) is 1.76. The Bertz CT molecular complexity index is 214. The van der Waals surface area contributed by atoms with Crippen LogP contribution in [-0.2, 0) is 4.79 Å². The van der Waals surface area contributed by atoms with Crippen LogP contribution < -0.4 is 11.1 Å². The van der Waals surface area contributed by atoms with Crippen molar-refractivity contribution in [2.75, 3.05) is 27.2 Å². The van der Waals surface area contributed by atoms with Gasteiger partial charge in [0.2, 0.25) is 5.91 Å². The molecule has 0 aliphatic heterocycles. The molecule has 0 aromatic rings. The second-order valence-electron chi connectivity index (χ2n) is 5.07. The third-order valence-electron chi connectivity index (χ3n) is 3.00. The average molecular weight is 227 g/mol. The standard InChI is InChI=1S/C12H25N3O/c1-15(2)8-4-3-7-14-12(16)9-11(13)10-5-6-10/h10-11H,3-9,13H2,1-2H3,(H,14,16). The molecule has 1 rings (SSSR count). The lowest BCUT2D eigenvalue weighted by Gasteiger charge is -2.11. The lowest BCUT2D eigenvalue weighted by atomic mass is 10.1. The fraction of sp³-hybridized carbons (Fsp3) is 0.917. The van der Waals surface area contributed by atoms with Crippen molar-refractivity contribution in [2.45, 2.75) is 38.1 Å². The predicted molar refractivity (Wildman–Crippen MR) is 66.1 cm³/mol. The molecule has 4 heteroatoms. The molecular formula is C12H25N3O. The van der Waals surface area contributed by atoms with E-state index >= 15 is 0 Å². The molecule has 1 saturated carbocycles. The van der Waals surface area contributed by atoms with E-state index in [1.807, 2.05) is 0 Å². The predicted octanol–water partition coefficient (Wildman–Crippen LogP) is 0.572. The topological polar surface area (TPSA) is 58.4 Å². The lowest BCUT2D eigenvalue weighted by Crippen LogP contribution is -2.33. The number of carbonyl (C=O) groups is 1. The molecular weight excluding hydrogens is 202 g/mol. The molecule has 4 nitrogen and oxygen atoms in total. The number of unbranched alkanes of at least 4 members (excludes halogenated alkanes) is 1. The minimum absolute atomic E-state index is 0.0850. The summed E-state index contributed by atoms with van der Waals surface area (Å²) in [6.07, 6.45) is 5.08. The van der Waals surface area contributed by atoms with Crippen LogP contribution >= 0.6 is 0 Å². The summed E-state index contributed by atoms with van der Waals surface area (Å²) in [6, 6.07) is 0.0850. The van der Waals surface area contributed by atoms with E-state index < -0.39 is 0 Å². The van der Waals surface area contributed by atoms with Crippen molar-refractivity contribution in [2.24, 2.45) is 11.7 Å². The van der Waals surface area contributed by atoms with Crippen molar-refractivity contribution in [3.05, 3.63) is 0 Å². The van der Waals surface area contributed by atoms with Gasteiger partial charge in [-0.15, -0.1) is 0 Å². The molecule has 0 heterocycles. The van der Waals surface area contributed by atoms with Crippen molar-refractivity contribution in [3.8, 4) is 0 Å². The highest BCUT2D eigenvalue weighted by Crippen LogP contribution is 2.32. The molecule has 0 aromatic carbocycles. The Balaban J connectivity index is 1.93. The molecule has 3 N–H and O–H groups in total. The second-order valence-corrected chi connectivity index (χ2v) is 5.07. The van der Waals surface area contributed by atoms with E-state index in [4.69, 9.17) is 5.73 Å². The minimum Gasteiger partial charge on any atom is -0.356 e. The van der Waals surface area contributed by atoms with E-state index in [1.165, 1.54) is 12.8 Å². The van der Waals surface area contributed by atoms with Gasteiger partial charge in [0.25, 0.3) is 0 Å². The van der Waals surface area contributed by atoms with Crippen LogP contribution in [0.3, 0.4) is 0 Å². The number of rotatable bonds is 8. The van der Waals surface area contributed by atoms with E-state index in [-0.39, 0.29) is 11.9 Å². The van der Waals surface area contributed by atoms with Gasteiger partial charge in [0.15, 0.2) is 0 Å². The van der Waals surface area contributed by atoms with Gasteiger partial charge in [0.1, 0.15) is 0 Å². The maximum absolute atomic E-state index is 11.5. The molecule has 0 bridgehead atoms. The molecule has 1 amide bonds. The summed E-state index contributed by atoms with van der Waals surface area (Å²) in [4.78, 5) is 13.6. The molecule has 0 saturated heterocycles. The van der Waals surface area contributed by atoms with Crippen molar-refractivity contribution in [3.63, 3.8) is 0 Å². The average Bonchev–Trinajstić information content (AvgIpc) is 2.99. The van der Waals surface area contributed by atoms with Crippen LogP contribution in [0.5, 0.6) is 0 Å². The molecule has 1 atom stereocenters. The maximum atomic E-state index is 11.5. The Labute approximate surface area is 98.6 Å². The first-order valence-corrected chi connectivity index (χ1v) is 6.26. The number of nitrogens with zero attached hydrogens (tertiary/aromatic N) is 1. The van der Waals surface area contributed by atoms with Crippen LogP contribution in [0.4, 0.5) is 0 Å². The van der Waals surface area contributed by atoms with Gasteiger partial charge in [0, 0.05) is 19.0 Å². The molecule has 1 aliphatic carbocycles. The summed E-state index contributed by atoms with van der Waals surface area (Å²) >= 11 is 0. The Morgan fingerprint density at radius 1 is 1.44 bits per heavy atom. The van der Waals surface area contributed by atoms with Gasteiger partial charge in [-0.1, -0.05) is 0 Å². The first kappa shape index (κ1) is 13.5. The molecule has 0 aromatic heterocycles. The Morgan fingerprint density at radius 3 is 2.69 bits per heavy atom. The van der Waals surface area contributed by atoms with Crippen molar-refractivity contribution in [1.82, 2.24) is 10.2 Å². The van der Waals surface area contributed by atoms with Gasteiger partial charge in [-0.25, -0.2) is 0 Å². The number of hydrogen-bond acceptors (Lipinski definition) is 3. The van der Waals surface area contributed by atoms with E-state index in [0.717, 1.165) is 25.9 Å². The van der Waals surface area contributed by atoms with Gasteiger partial charge in [-0.2, -0.15) is 0 Å². The van der Waals surface area contributed by atoms with E-state index in [9.17, 15) is 4.79 Å². The van der Waals surface area contributed by atoms with Gasteiger partial charge in [-0.05, 0) is 52.2 Å². The SMILES string of the molecule is CN(C)CCCCNC(=O)CC(N)C1CC1. The normalized spacial score (nSPS) is 17.5. The van der Waals surface area contributed by atoms with Gasteiger partial charge in [-0.3, -0.25) is 4.79 Å². The quantitative estimate of drug-likeness (QED) is 0.596. The number of nitrogens with two attached hydrogens (primary N) is 1. The number of nitrogens with one attached hydrogen (secondary N) is 1. The van der Waals surface area contributed by atoms with E-state index in [2.05, 4.69) is 24.3 Å². The van der Waals surface area contributed by atoms with Crippen LogP contribution in [0.25, 0.3) is 0 Å². The van der Waals surface area contributed by atoms with Crippen LogP contribution in [0, 0.1) is 5.92 Å². The molecule has 0 radical (unpaired) electrons. The van der Waals surface area contributed by atoms with E-state index in [1.54, 1.807) is 0 Å². The number of hydrogen-bond donors (Lipinski definition) is 2.